The molecule has 0 saturated carbocycles. The number of nitrogens with zero attached hydrogens (tertiary/aromatic N) is 1. The number of amides is 1. The maximum Gasteiger partial charge on any atom is 0.256 e. The highest BCUT2D eigenvalue weighted by Crippen LogP contribution is 2.26. The van der Waals surface area contributed by atoms with Gasteiger partial charge in [0.05, 0.1) is 12.7 Å². The molecule has 1 aromatic rings. The highest BCUT2D eigenvalue weighted by Gasteiger charge is 2.35. The Morgan fingerprint density at radius 3 is 2.65 bits per heavy atom. The van der Waals surface area contributed by atoms with Crippen molar-refractivity contribution in [3.05, 3.63) is 23.8 Å². The third-order valence-corrected chi connectivity index (χ3v) is 3.48. The van der Waals surface area contributed by atoms with E-state index < -0.39 is 5.60 Å². The molecule has 0 spiro atoms. The Hall–Kier alpha value is -2.06. The van der Waals surface area contributed by atoms with E-state index in [0.717, 1.165) is 6.42 Å². The van der Waals surface area contributed by atoms with E-state index in [1.807, 2.05) is 13.8 Å². The van der Waals surface area contributed by atoms with E-state index in [0.29, 0.717) is 35.9 Å². The van der Waals surface area contributed by atoms with Crippen LogP contribution in [0.25, 0.3) is 0 Å². The van der Waals surface area contributed by atoms with Crippen molar-refractivity contribution in [1.82, 2.24) is 0 Å². The smallest absolute Gasteiger partial charge is 0.256 e. The van der Waals surface area contributed by atoms with E-state index in [1.165, 1.54) is 7.11 Å². The highest BCUT2D eigenvalue weighted by atomic mass is 16.5. The molecule has 1 rings (SSSR count). The molecule has 5 heteroatoms. The van der Waals surface area contributed by atoms with Crippen LogP contribution in [0, 0.1) is 17.2 Å². The second-order valence-electron chi connectivity index (χ2n) is 6.16. The maximum absolute atomic E-state index is 12.7. The van der Waals surface area contributed by atoms with Gasteiger partial charge in [0.15, 0.2) is 0 Å². The number of rotatable bonds is 8. The molecule has 0 aliphatic rings. The summed E-state index contributed by atoms with van der Waals surface area (Å²) in [6.07, 6.45) is 1.47. The first-order chi connectivity index (χ1) is 10.9. The fourth-order valence-electron chi connectivity index (χ4n) is 2.46. The zero-order chi connectivity index (χ0) is 17.5. The second-order valence-corrected chi connectivity index (χ2v) is 6.16. The van der Waals surface area contributed by atoms with Crippen LogP contribution in [0.2, 0.25) is 0 Å². The zero-order valence-electron chi connectivity index (χ0n) is 14.6. The van der Waals surface area contributed by atoms with Crippen LogP contribution in [0.4, 0.5) is 5.69 Å². The first-order valence-electron chi connectivity index (χ1n) is 7.89. The molecule has 1 atom stereocenters. The largest absolute Gasteiger partial charge is 0.495 e. The van der Waals surface area contributed by atoms with E-state index in [4.69, 9.17) is 14.7 Å². The number of benzene rings is 1. The average molecular weight is 318 g/mol. The number of anilines is 1. The lowest BCUT2D eigenvalue weighted by molar-refractivity contribution is -0.141. The molecule has 5 nitrogen and oxygen atoms in total. The highest BCUT2D eigenvalue weighted by molar-refractivity contribution is 5.97. The minimum atomic E-state index is -0.892. The van der Waals surface area contributed by atoms with Crippen molar-refractivity contribution in [2.45, 2.75) is 46.1 Å². The normalized spacial score (nSPS) is 13.3. The zero-order valence-corrected chi connectivity index (χ0v) is 14.6. The van der Waals surface area contributed by atoms with Crippen LogP contribution in [0.5, 0.6) is 5.75 Å². The number of hydrogen-bond donors (Lipinski definition) is 1. The fourth-order valence-corrected chi connectivity index (χ4v) is 2.46. The monoisotopic (exact) mass is 318 g/mol. The molecule has 1 aromatic carbocycles. The quantitative estimate of drug-likeness (QED) is 0.792. The number of ether oxygens (including phenoxy) is 2. The summed E-state index contributed by atoms with van der Waals surface area (Å²) in [5, 5.41) is 12.0. The van der Waals surface area contributed by atoms with Crippen LogP contribution in [-0.2, 0) is 9.53 Å². The van der Waals surface area contributed by atoms with Crippen LogP contribution in [-0.4, -0.2) is 25.2 Å². The Morgan fingerprint density at radius 2 is 2.13 bits per heavy atom. The van der Waals surface area contributed by atoms with Gasteiger partial charge in [0.1, 0.15) is 17.4 Å². The van der Waals surface area contributed by atoms with Crippen molar-refractivity contribution >= 4 is 11.6 Å². The molecular weight excluding hydrogens is 292 g/mol. The Labute approximate surface area is 138 Å². The molecule has 0 fully saturated rings. The van der Waals surface area contributed by atoms with Gasteiger partial charge in [0.25, 0.3) is 5.91 Å². The molecule has 1 N–H and O–H groups in total. The maximum atomic E-state index is 12.7. The minimum Gasteiger partial charge on any atom is -0.495 e. The van der Waals surface area contributed by atoms with Crippen LogP contribution in [0.1, 0.15) is 46.1 Å². The average Bonchev–Trinajstić information content (AvgIpc) is 2.52. The molecule has 0 heterocycles. The van der Waals surface area contributed by atoms with Crippen molar-refractivity contribution in [2.24, 2.45) is 5.92 Å². The predicted octanol–water partition coefficient (Wildman–Crippen LogP) is 3.74. The summed E-state index contributed by atoms with van der Waals surface area (Å²) in [7, 11) is 1.51. The van der Waals surface area contributed by atoms with Gasteiger partial charge in [-0.3, -0.25) is 4.79 Å². The van der Waals surface area contributed by atoms with E-state index in [-0.39, 0.29) is 5.91 Å². The Balaban J connectivity index is 2.96. The molecule has 0 aliphatic carbocycles. The van der Waals surface area contributed by atoms with Crippen LogP contribution in [0.15, 0.2) is 18.2 Å². The summed E-state index contributed by atoms with van der Waals surface area (Å²) >= 11 is 0. The van der Waals surface area contributed by atoms with Gasteiger partial charge in [0, 0.05) is 12.3 Å². The summed E-state index contributed by atoms with van der Waals surface area (Å²) < 4.78 is 10.9. The van der Waals surface area contributed by atoms with Crippen molar-refractivity contribution in [3.63, 3.8) is 0 Å². The van der Waals surface area contributed by atoms with E-state index >= 15 is 0 Å². The van der Waals surface area contributed by atoms with E-state index in [2.05, 4.69) is 25.2 Å². The number of carbonyl (C=O) groups excluding carboxylic acids is 1. The lowest BCUT2D eigenvalue weighted by atomic mass is 9.93. The molecule has 126 valence electrons. The summed E-state index contributed by atoms with van der Waals surface area (Å²) in [5.74, 6) is 0.611. The molecule has 23 heavy (non-hydrogen) atoms. The topological polar surface area (TPSA) is 71.3 Å². The second kappa shape index (κ2) is 8.54. The van der Waals surface area contributed by atoms with Gasteiger partial charge in [-0.25, -0.2) is 0 Å². The van der Waals surface area contributed by atoms with Gasteiger partial charge in [-0.2, -0.15) is 5.26 Å². The molecule has 0 radical (unpaired) electrons. The van der Waals surface area contributed by atoms with Gasteiger partial charge >= 0.3 is 0 Å². The van der Waals surface area contributed by atoms with Crippen molar-refractivity contribution in [2.75, 3.05) is 19.0 Å². The summed E-state index contributed by atoms with van der Waals surface area (Å²) in [5.41, 5.74) is 0.0458. The molecule has 0 unspecified atom stereocenters. The van der Waals surface area contributed by atoms with Gasteiger partial charge in [-0.1, -0.05) is 20.8 Å². The molecule has 0 aliphatic heterocycles. The lowest BCUT2D eigenvalue weighted by Gasteiger charge is -2.30. The predicted molar refractivity (Wildman–Crippen MR) is 90.4 cm³/mol. The SMILES string of the molecule is CCCO[C@@](C)(CC(C)C)C(=O)Nc1ccc(OC)c(C#N)c1. The standard InChI is InChI=1S/C18H26N2O3/c1-6-9-23-18(4,11-13(2)3)17(21)20-15-7-8-16(22-5)14(10-15)12-19/h7-8,10,13H,6,9,11H2,1-5H3,(H,20,21)/t18-/m0/s1. The summed E-state index contributed by atoms with van der Waals surface area (Å²) in [4.78, 5) is 12.7. The molecule has 0 saturated heterocycles. The Kier molecular flexibility index (Phi) is 7.05. The summed E-state index contributed by atoms with van der Waals surface area (Å²) in [6, 6.07) is 7.04. The Bertz CT molecular complexity index is 578. The van der Waals surface area contributed by atoms with Gasteiger partial charge in [-0.15, -0.1) is 0 Å². The third-order valence-electron chi connectivity index (χ3n) is 3.48. The molecule has 0 aromatic heterocycles. The third kappa shape index (κ3) is 5.26. The van der Waals surface area contributed by atoms with Gasteiger partial charge in [-0.05, 0) is 43.9 Å². The lowest BCUT2D eigenvalue weighted by Crippen LogP contribution is -2.44. The van der Waals surface area contributed by atoms with Gasteiger partial charge < -0.3 is 14.8 Å². The van der Waals surface area contributed by atoms with E-state index in [9.17, 15) is 4.79 Å². The number of methoxy groups -OCH3 is 1. The summed E-state index contributed by atoms with van der Waals surface area (Å²) in [6.45, 7) is 8.47. The number of nitriles is 1. The number of nitrogens with one attached hydrogen (secondary N) is 1. The van der Waals surface area contributed by atoms with Crippen molar-refractivity contribution in [1.29, 1.82) is 5.26 Å². The molecule has 0 bridgehead atoms. The minimum absolute atomic E-state index is 0.200. The van der Waals surface area contributed by atoms with Gasteiger partial charge in [0.2, 0.25) is 0 Å². The van der Waals surface area contributed by atoms with Crippen molar-refractivity contribution in [3.8, 4) is 11.8 Å². The fraction of sp³-hybridized carbons (Fsp3) is 0.556. The molecular formula is C18H26N2O3. The van der Waals surface area contributed by atoms with Crippen LogP contribution in [0.3, 0.4) is 0 Å². The number of carbonyl (C=O) groups is 1. The first kappa shape index (κ1) is 19.0. The Morgan fingerprint density at radius 1 is 1.43 bits per heavy atom. The van der Waals surface area contributed by atoms with Crippen LogP contribution < -0.4 is 10.1 Å². The van der Waals surface area contributed by atoms with Crippen LogP contribution >= 0.6 is 0 Å². The first-order valence-corrected chi connectivity index (χ1v) is 7.89. The number of hydrogen-bond acceptors (Lipinski definition) is 4. The van der Waals surface area contributed by atoms with E-state index in [1.54, 1.807) is 18.2 Å². The van der Waals surface area contributed by atoms with Crippen molar-refractivity contribution < 1.29 is 14.3 Å². The molecule has 1 amide bonds.